The van der Waals surface area contributed by atoms with Gasteiger partial charge in [0.1, 0.15) is 5.69 Å². The van der Waals surface area contributed by atoms with Gasteiger partial charge in [0.15, 0.2) is 0 Å². The third kappa shape index (κ3) is 3.96. The van der Waals surface area contributed by atoms with Crippen molar-refractivity contribution >= 4 is 0 Å². The van der Waals surface area contributed by atoms with Gasteiger partial charge in [0, 0.05) is 12.1 Å². The maximum atomic E-state index is 13.2. The minimum Gasteiger partial charge on any atom is -0.313 e. The van der Waals surface area contributed by atoms with Crippen LogP contribution in [0.5, 0.6) is 0 Å². The van der Waals surface area contributed by atoms with Crippen molar-refractivity contribution in [1.82, 2.24) is 15.1 Å². The molecule has 0 aliphatic heterocycles. The standard InChI is InChI=1S/C13H22F3N3/c1-4-7-17-8-10-9-18-19(11(5-2)6-3)12(10)13(14,15)16/h9,11,17H,4-8H2,1-3H3. The Bertz CT molecular complexity index is 381. The third-order valence-corrected chi connectivity index (χ3v) is 3.17. The molecule has 1 rings (SSSR count). The van der Waals surface area contributed by atoms with Crippen LogP contribution in [-0.2, 0) is 12.7 Å². The zero-order valence-electron chi connectivity index (χ0n) is 11.7. The second-order valence-electron chi connectivity index (χ2n) is 4.61. The first kappa shape index (κ1) is 16.0. The Kier molecular flexibility index (Phi) is 5.85. The quantitative estimate of drug-likeness (QED) is 0.769. The van der Waals surface area contributed by atoms with Crippen molar-refractivity contribution in [3.63, 3.8) is 0 Å². The van der Waals surface area contributed by atoms with E-state index in [9.17, 15) is 13.2 Å². The van der Waals surface area contributed by atoms with Crippen molar-refractivity contribution in [2.75, 3.05) is 6.54 Å². The Morgan fingerprint density at radius 2 is 1.89 bits per heavy atom. The smallest absolute Gasteiger partial charge is 0.313 e. The van der Waals surface area contributed by atoms with Crippen LogP contribution in [0.25, 0.3) is 0 Å². The molecular weight excluding hydrogens is 255 g/mol. The largest absolute Gasteiger partial charge is 0.433 e. The molecule has 0 aliphatic rings. The van der Waals surface area contributed by atoms with Crippen LogP contribution < -0.4 is 5.32 Å². The van der Waals surface area contributed by atoms with Gasteiger partial charge in [0.25, 0.3) is 0 Å². The summed E-state index contributed by atoms with van der Waals surface area (Å²) in [6.07, 6.45) is -0.847. The number of rotatable bonds is 7. The first-order valence-electron chi connectivity index (χ1n) is 6.79. The minimum absolute atomic E-state index is 0.198. The lowest BCUT2D eigenvalue weighted by molar-refractivity contribution is -0.145. The van der Waals surface area contributed by atoms with Gasteiger partial charge in [-0.2, -0.15) is 18.3 Å². The lowest BCUT2D eigenvalue weighted by Gasteiger charge is -2.19. The topological polar surface area (TPSA) is 29.9 Å². The molecule has 0 aromatic carbocycles. The third-order valence-electron chi connectivity index (χ3n) is 3.17. The van der Waals surface area contributed by atoms with E-state index in [4.69, 9.17) is 0 Å². The van der Waals surface area contributed by atoms with Gasteiger partial charge >= 0.3 is 6.18 Å². The highest BCUT2D eigenvalue weighted by Gasteiger charge is 2.39. The van der Waals surface area contributed by atoms with Gasteiger partial charge in [-0.1, -0.05) is 20.8 Å². The second-order valence-corrected chi connectivity index (χ2v) is 4.61. The van der Waals surface area contributed by atoms with Crippen LogP contribution in [0.4, 0.5) is 13.2 Å². The first-order valence-corrected chi connectivity index (χ1v) is 6.79. The molecule has 0 radical (unpaired) electrons. The van der Waals surface area contributed by atoms with E-state index in [2.05, 4.69) is 10.4 Å². The van der Waals surface area contributed by atoms with Crippen LogP contribution in [-0.4, -0.2) is 16.3 Å². The van der Waals surface area contributed by atoms with E-state index in [1.807, 2.05) is 20.8 Å². The summed E-state index contributed by atoms with van der Waals surface area (Å²) in [7, 11) is 0. The van der Waals surface area contributed by atoms with Gasteiger partial charge < -0.3 is 5.32 Å². The van der Waals surface area contributed by atoms with Gasteiger partial charge in [-0.05, 0) is 25.8 Å². The van der Waals surface area contributed by atoms with Gasteiger partial charge in [-0.3, -0.25) is 4.68 Å². The molecule has 0 saturated heterocycles. The molecule has 1 heterocycles. The van der Waals surface area contributed by atoms with Crippen molar-refractivity contribution in [2.24, 2.45) is 0 Å². The molecule has 0 bridgehead atoms. The second kappa shape index (κ2) is 6.93. The van der Waals surface area contributed by atoms with E-state index in [0.29, 0.717) is 19.4 Å². The Balaban J connectivity index is 3.05. The zero-order chi connectivity index (χ0) is 14.5. The predicted molar refractivity (Wildman–Crippen MR) is 68.8 cm³/mol. The van der Waals surface area contributed by atoms with Crippen LogP contribution in [0.3, 0.4) is 0 Å². The lowest BCUT2D eigenvalue weighted by atomic mass is 10.1. The molecule has 0 atom stereocenters. The molecule has 0 unspecified atom stereocenters. The molecule has 1 aromatic rings. The molecule has 1 aromatic heterocycles. The molecule has 0 aliphatic carbocycles. The predicted octanol–water partition coefficient (Wildman–Crippen LogP) is 3.76. The Labute approximate surface area is 112 Å². The van der Waals surface area contributed by atoms with Crippen LogP contribution in [0.15, 0.2) is 6.20 Å². The minimum atomic E-state index is -4.36. The summed E-state index contributed by atoms with van der Waals surface area (Å²) in [6, 6.07) is -0.198. The number of halogens is 3. The number of nitrogens with one attached hydrogen (secondary N) is 1. The monoisotopic (exact) mass is 277 g/mol. The Hall–Kier alpha value is -1.04. The lowest BCUT2D eigenvalue weighted by Crippen LogP contribution is -2.22. The highest BCUT2D eigenvalue weighted by Crippen LogP contribution is 2.34. The van der Waals surface area contributed by atoms with Crippen LogP contribution >= 0.6 is 0 Å². The summed E-state index contributed by atoms with van der Waals surface area (Å²) < 4.78 is 40.7. The molecule has 1 N–H and O–H groups in total. The van der Waals surface area contributed by atoms with Gasteiger partial charge in [-0.15, -0.1) is 0 Å². The highest BCUT2D eigenvalue weighted by atomic mass is 19.4. The molecule has 0 saturated carbocycles. The van der Waals surface area contributed by atoms with Crippen molar-refractivity contribution in [1.29, 1.82) is 0 Å². The highest BCUT2D eigenvalue weighted by molar-refractivity contribution is 5.21. The van der Waals surface area contributed by atoms with E-state index >= 15 is 0 Å². The van der Waals surface area contributed by atoms with E-state index in [1.54, 1.807) is 0 Å². The van der Waals surface area contributed by atoms with Crippen molar-refractivity contribution < 1.29 is 13.2 Å². The summed E-state index contributed by atoms with van der Waals surface area (Å²) in [4.78, 5) is 0. The molecule has 3 nitrogen and oxygen atoms in total. The summed E-state index contributed by atoms with van der Waals surface area (Å²) >= 11 is 0. The number of nitrogens with zero attached hydrogens (tertiary/aromatic N) is 2. The number of hydrogen-bond donors (Lipinski definition) is 1. The Morgan fingerprint density at radius 3 is 2.37 bits per heavy atom. The molecule has 6 heteroatoms. The molecule has 0 fully saturated rings. The average molecular weight is 277 g/mol. The van der Waals surface area contributed by atoms with E-state index < -0.39 is 11.9 Å². The van der Waals surface area contributed by atoms with Crippen molar-refractivity contribution in [2.45, 2.75) is 58.8 Å². The maximum Gasteiger partial charge on any atom is 0.433 e. The van der Waals surface area contributed by atoms with E-state index in [-0.39, 0.29) is 18.2 Å². The molecule has 0 amide bonds. The van der Waals surface area contributed by atoms with E-state index in [1.165, 1.54) is 6.20 Å². The number of hydrogen-bond acceptors (Lipinski definition) is 2. The van der Waals surface area contributed by atoms with Gasteiger partial charge in [-0.25, -0.2) is 0 Å². The summed E-state index contributed by atoms with van der Waals surface area (Å²) in [5.41, 5.74) is -0.377. The SMILES string of the molecule is CCCNCc1cnn(C(CC)CC)c1C(F)(F)F. The molecule has 110 valence electrons. The zero-order valence-corrected chi connectivity index (χ0v) is 11.7. The van der Waals surface area contributed by atoms with Crippen molar-refractivity contribution in [3.8, 4) is 0 Å². The van der Waals surface area contributed by atoms with Gasteiger partial charge in [0.05, 0.1) is 12.2 Å². The van der Waals surface area contributed by atoms with E-state index in [0.717, 1.165) is 11.1 Å². The maximum absolute atomic E-state index is 13.2. The molecule has 19 heavy (non-hydrogen) atoms. The van der Waals surface area contributed by atoms with Gasteiger partial charge in [0.2, 0.25) is 0 Å². The summed E-state index contributed by atoms with van der Waals surface area (Å²) in [5.74, 6) is 0. The fourth-order valence-electron chi connectivity index (χ4n) is 2.15. The number of aromatic nitrogens is 2. The fraction of sp³-hybridized carbons (Fsp3) is 0.769. The Morgan fingerprint density at radius 1 is 1.26 bits per heavy atom. The number of alkyl halides is 3. The van der Waals surface area contributed by atoms with Crippen molar-refractivity contribution in [3.05, 3.63) is 17.5 Å². The van der Waals surface area contributed by atoms with Crippen LogP contribution in [0.2, 0.25) is 0 Å². The first-order chi connectivity index (χ1) is 8.95. The fourth-order valence-corrected chi connectivity index (χ4v) is 2.15. The summed E-state index contributed by atoms with van der Waals surface area (Å²) in [5, 5.41) is 6.96. The average Bonchev–Trinajstić information content (AvgIpc) is 2.75. The molecule has 0 spiro atoms. The summed E-state index contributed by atoms with van der Waals surface area (Å²) in [6.45, 7) is 6.65. The normalized spacial score (nSPS) is 12.4. The van der Waals surface area contributed by atoms with Crippen LogP contribution in [0, 0.1) is 0 Å². The van der Waals surface area contributed by atoms with Crippen LogP contribution in [0.1, 0.15) is 57.3 Å². The molecular formula is C13H22F3N3.